The summed E-state index contributed by atoms with van der Waals surface area (Å²) in [5.74, 6) is -0.329. The van der Waals surface area contributed by atoms with E-state index in [1.54, 1.807) is 0 Å². The first kappa shape index (κ1) is 12.4. The quantitative estimate of drug-likeness (QED) is 0.822. The molecule has 0 aromatic heterocycles. The average Bonchev–Trinajstić information content (AvgIpc) is 2.80. The first-order valence-electron chi connectivity index (χ1n) is 6.51. The lowest BCUT2D eigenvalue weighted by molar-refractivity contribution is -0.190. The van der Waals surface area contributed by atoms with Crippen molar-refractivity contribution in [1.82, 2.24) is 4.90 Å². The Labute approximate surface area is 113 Å². The summed E-state index contributed by atoms with van der Waals surface area (Å²) in [5, 5.41) is 0.788. The number of piperidine rings is 1. The van der Waals surface area contributed by atoms with Crippen molar-refractivity contribution in [3.63, 3.8) is 0 Å². The molecule has 1 aromatic carbocycles. The molecule has 2 heterocycles. The van der Waals surface area contributed by atoms with Crippen LogP contribution in [-0.4, -0.2) is 37.0 Å². The lowest BCUT2D eigenvalue weighted by Gasteiger charge is -2.38. The van der Waals surface area contributed by atoms with Crippen LogP contribution in [0.5, 0.6) is 0 Å². The third kappa shape index (κ3) is 2.69. The maximum atomic E-state index is 5.90. The van der Waals surface area contributed by atoms with Crippen LogP contribution in [0, 0.1) is 0 Å². The average molecular weight is 268 g/mol. The maximum absolute atomic E-state index is 5.90. The summed E-state index contributed by atoms with van der Waals surface area (Å²) in [6, 6.07) is 8.05. The molecule has 2 aliphatic heterocycles. The van der Waals surface area contributed by atoms with E-state index in [0.717, 1.165) is 50.7 Å². The molecule has 2 fully saturated rings. The van der Waals surface area contributed by atoms with Gasteiger partial charge in [0.05, 0.1) is 19.8 Å². The van der Waals surface area contributed by atoms with Crippen molar-refractivity contribution >= 4 is 11.6 Å². The van der Waals surface area contributed by atoms with E-state index in [1.807, 2.05) is 12.1 Å². The summed E-state index contributed by atoms with van der Waals surface area (Å²) in [4.78, 5) is 2.40. The highest BCUT2D eigenvalue weighted by Gasteiger charge is 2.40. The molecular formula is C14H18ClNO2. The van der Waals surface area contributed by atoms with Crippen molar-refractivity contribution in [1.29, 1.82) is 0 Å². The van der Waals surface area contributed by atoms with Gasteiger partial charge in [0.2, 0.25) is 0 Å². The predicted octanol–water partition coefficient (Wildman–Crippen LogP) is 2.68. The summed E-state index contributed by atoms with van der Waals surface area (Å²) in [6.45, 7) is 4.38. The summed E-state index contributed by atoms with van der Waals surface area (Å²) < 4.78 is 11.6. The van der Waals surface area contributed by atoms with E-state index in [-0.39, 0.29) is 5.79 Å². The minimum Gasteiger partial charge on any atom is -0.346 e. The van der Waals surface area contributed by atoms with Crippen LogP contribution >= 0.6 is 11.6 Å². The fraction of sp³-hybridized carbons (Fsp3) is 0.571. The van der Waals surface area contributed by atoms with E-state index in [4.69, 9.17) is 21.1 Å². The summed E-state index contributed by atoms with van der Waals surface area (Å²) in [7, 11) is 0. The summed E-state index contributed by atoms with van der Waals surface area (Å²) >= 11 is 5.90. The van der Waals surface area contributed by atoms with Crippen molar-refractivity contribution in [2.45, 2.75) is 25.2 Å². The predicted molar refractivity (Wildman–Crippen MR) is 70.6 cm³/mol. The van der Waals surface area contributed by atoms with Crippen LogP contribution in [0.3, 0.4) is 0 Å². The first-order chi connectivity index (χ1) is 8.76. The van der Waals surface area contributed by atoms with Crippen LogP contribution in [0.25, 0.3) is 0 Å². The van der Waals surface area contributed by atoms with E-state index in [2.05, 4.69) is 17.0 Å². The topological polar surface area (TPSA) is 21.7 Å². The van der Waals surface area contributed by atoms with Gasteiger partial charge in [-0.3, -0.25) is 4.90 Å². The minimum atomic E-state index is -0.329. The van der Waals surface area contributed by atoms with Crippen molar-refractivity contribution in [2.24, 2.45) is 0 Å². The standard InChI is InChI=1S/C14H18ClNO2/c15-13-4-2-12(3-5-13)10-16-7-1-6-14(11-16)17-8-9-18-14/h2-5H,1,6-11H2. The molecule has 0 aliphatic carbocycles. The Morgan fingerprint density at radius 1 is 1.17 bits per heavy atom. The van der Waals surface area contributed by atoms with Crippen LogP contribution < -0.4 is 0 Å². The number of hydrogen-bond acceptors (Lipinski definition) is 3. The number of rotatable bonds is 2. The molecule has 4 heteroatoms. The monoisotopic (exact) mass is 267 g/mol. The van der Waals surface area contributed by atoms with Crippen molar-refractivity contribution < 1.29 is 9.47 Å². The highest BCUT2D eigenvalue weighted by Crippen LogP contribution is 2.30. The van der Waals surface area contributed by atoms with E-state index in [9.17, 15) is 0 Å². The molecule has 0 bridgehead atoms. The SMILES string of the molecule is Clc1ccc(CN2CCCC3(C2)OCCO3)cc1. The van der Waals surface area contributed by atoms with Gasteiger partial charge in [0, 0.05) is 18.0 Å². The van der Waals surface area contributed by atoms with E-state index >= 15 is 0 Å². The maximum Gasteiger partial charge on any atom is 0.181 e. The lowest BCUT2D eigenvalue weighted by Crippen LogP contribution is -2.48. The number of halogens is 1. The van der Waals surface area contributed by atoms with Crippen LogP contribution in [0.4, 0.5) is 0 Å². The molecule has 0 N–H and O–H groups in total. The van der Waals surface area contributed by atoms with Crippen molar-refractivity contribution in [3.05, 3.63) is 34.9 Å². The molecule has 3 nitrogen and oxygen atoms in total. The van der Waals surface area contributed by atoms with Gasteiger partial charge in [0.15, 0.2) is 5.79 Å². The van der Waals surface area contributed by atoms with Gasteiger partial charge in [-0.15, -0.1) is 0 Å². The number of benzene rings is 1. The molecular weight excluding hydrogens is 250 g/mol. The molecule has 1 aromatic rings. The first-order valence-corrected chi connectivity index (χ1v) is 6.88. The minimum absolute atomic E-state index is 0.329. The van der Waals surface area contributed by atoms with Crippen molar-refractivity contribution in [3.8, 4) is 0 Å². The third-order valence-electron chi connectivity index (χ3n) is 3.63. The van der Waals surface area contributed by atoms with Crippen LogP contribution in [0.2, 0.25) is 5.02 Å². The molecule has 1 spiro atoms. The van der Waals surface area contributed by atoms with Gasteiger partial charge >= 0.3 is 0 Å². The molecule has 2 saturated heterocycles. The van der Waals surface area contributed by atoms with Crippen LogP contribution in [-0.2, 0) is 16.0 Å². The Morgan fingerprint density at radius 2 is 1.89 bits per heavy atom. The molecule has 98 valence electrons. The molecule has 0 unspecified atom stereocenters. The smallest absolute Gasteiger partial charge is 0.181 e. The number of likely N-dealkylation sites (tertiary alicyclic amines) is 1. The largest absolute Gasteiger partial charge is 0.346 e. The number of nitrogens with zero attached hydrogens (tertiary/aromatic N) is 1. The third-order valence-corrected chi connectivity index (χ3v) is 3.88. The molecule has 2 aliphatic rings. The molecule has 0 radical (unpaired) electrons. The van der Waals surface area contributed by atoms with Crippen molar-refractivity contribution in [2.75, 3.05) is 26.3 Å². The highest BCUT2D eigenvalue weighted by molar-refractivity contribution is 6.30. The fourth-order valence-electron chi connectivity index (χ4n) is 2.79. The van der Waals surface area contributed by atoms with E-state index in [1.165, 1.54) is 5.56 Å². The van der Waals surface area contributed by atoms with Gasteiger partial charge < -0.3 is 9.47 Å². The Morgan fingerprint density at radius 3 is 2.61 bits per heavy atom. The Bertz CT molecular complexity index is 401. The second kappa shape index (κ2) is 5.17. The lowest BCUT2D eigenvalue weighted by atomic mass is 10.0. The van der Waals surface area contributed by atoms with Gasteiger partial charge in [-0.05, 0) is 30.7 Å². The summed E-state index contributed by atoms with van der Waals surface area (Å²) in [6.07, 6.45) is 2.15. The van der Waals surface area contributed by atoms with E-state index in [0.29, 0.717) is 0 Å². The second-order valence-corrected chi connectivity index (χ2v) is 5.48. The zero-order valence-electron chi connectivity index (χ0n) is 10.4. The second-order valence-electron chi connectivity index (χ2n) is 5.05. The molecule has 0 saturated carbocycles. The Kier molecular flexibility index (Phi) is 3.57. The zero-order chi connectivity index (χ0) is 12.4. The molecule has 0 atom stereocenters. The summed E-state index contributed by atoms with van der Waals surface area (Å²) in [5.41, 5.74) is 1.29. The molecule has 3 rings (SSSR count). The van der Waals surface area contributed by atoms with Crippen LogP contribution in [0.15, 0.2) is 24.3 Å². The number of ether oxygens (including phenoxy) is 2. The van der Waals surface area contributed by atoms with Gasteiger partial charge in [0.1, 0.15) is 0 Å². The molecule has 18 heavy (non-hydrogen) atoms. The Balaban J connectivity index is 1.64. The van der Waals surface area contributed by atoms with Gasteiger partial charge in [0.25, 0.3) is 0 Å². The van der Waals surface area contributed by atoms with Crippen LogP contribution in [0.1, 0.15) is 18.4 Å². The van der Waals surface area contributed by atoms with Gasteiger partial charge in [-0.25, -0.2) is 0 Å². The van der Waals surface area contributed by atoms with E-state index < -0.39 is 0 Å². The van der Waals surface area contributed by atoms with Gasteiger partial charge in [-0.1, -0.05) is 23.7 Å². The van der Waals surface area contributed by atoms with Gasteiger partial charge in [-0.2, -0.15) is 0 Å². The zero-order valence-corrected chi connectivity index (χ0v) is 11.2. The molecule has 0 amide bonds. The highest BCUT2D eigenvalue weighted by atomic mass is 35.5. The normalized spacial score (nSPS) is 23.6. The Hall–Kier alpha value is -0.610. The fourth-order valence-corrected chi connectivity index (χ4v) is 2.91. The number of hydrogen-bond donors (Lipinski definition) is 0.